The number of hydrogen-bond donors (Lipinski definition) is 1. The molecular formula is C17H23FN2O2. The lowest BCUT2D eigenvalue weighted by Gasteiger charge is -2.40. The number of likely N-dealkylation sites (N-methyl/N-ethyl adjacent to an activating group) is 1. The van der Waals surface area contributed by atoms with E-state index in [1.807, 2.05) is 11.9 Å². The summed E-state index contributed by atoms with van der Waals surface area (Å²) >= 11 is 0. The highest BCUT2D eigenvalue weighted by Gasteiger charge is 2.44. The Hall–Kier alpha value is -1.46. The Morgan fingerprint density at radius 1 is 1.32 bits per heavy atom. The lowest BCUT2D eigenvalue weighted by Crippen LogP contribution is -2.52. The molecule has 0 radical (unpaired) electrons. The second kappa shape index (κ2) is 6.34. The van der Waals surface area contributed by atoms with E-state index in [0.717, 1.165) is 25.1 Å². The molecule has 3 rings (SSSR count). The van der Waals surface area contributed by atoms with Crippen LogP contribution in [0.2, 0.25) is 0 Å². The van der Waals surface area contributed by atoms with Crippen LogP contribution in [0.25, 0.3) is 0 Å². The number of benzene rings is 1. The number of hydrogen-bond acceptors (Lipinski definition) is 3. The standard InChI is InChI=1S/C17H23FN2O2/c1-20(15-6-9-19-12-15)16(21)17(7-10-22-11-8-17)13-2-4-14(18)5-3-13/h2-5,15,19H,6-12H2,1H3. The van der Waals surface area contributed by atoms with Crippen LogP contribution >= 0.6 is 0 Å². The average Bonchev–Trinajstić information content (AvgIpc) is 3.09. The van der Waals surface area contributed by atoms with Gasteiger partial charge in [0.1, 0.15) is 5.82 Å². The first-order chi connectivity index (χ1) is 10.6. The number of halogens is 1. The van der Waals surface area contributed by atoms with Gasteiger partial charge in [-0.15, -0.1) is 0 Å². The number of nitrogens with one attached hydrogen (secondary N) is 1. The number of ether oxygens (including phenoxy) is 1. The van der Waals surface area contributed by atoms with E-state index in [2.05, 4.69) is 5.32 Å². The highest BCUT2D eigenvalue weighted by atomic mass is 19.1. The fraction of sp³-hybridized carbons (Fsp3) is 0.588. The van der Waals surface area contributed by atoms with Gasteiger partial charge in [0, 0.05) is 32.8 Å². The third kappa shape index (κ3) is 2.75. The summed E-state index contributed by atoms with van der Waals surface area (Å²) in [6.07, 6.45) is 2.29. The summed E-state index contributed by atoms with van der Waals surface area (Å²) in [6, 6.07) is 6.62. The minimum Gasteiger partial charge on any atom is -0.381 e. The minimum atomic E-state index is -0.580. The topological polar surface area (TPSA) is 41.6 Å². The predicted octanol–water partition coefficient (Wildman–Crippen LogP) is 1.69. The van der Waals surface area contributed by atoms with E-state index in [1.54, 1.807) is 12.1 Å². The maximum absolute atomic E-state index is 13.3. The fourth-order valence-electron chi connectivity index (χ4n) is 3.59. The fourth-order valence-corrected chi connectivity index (χ4v) is 3.59. The van der Waals surface area contributed by atoms with Crippen LogP contribution in [0.1, 0.15) is 24.8 Å². The van der Waals surface area contributed by atoms with Gasteiger partial charge in [-0.3, -0.25) is 4.79 Å². The average molecular weight is 306 g/mol. The molecule has 120 valence electrons. The molecule has 1 amide bonds. The first-order valence-electron chi connectivity index (χ1n) is 7.95. The Morgan fingerprint density at radius 2 is 2.00 bits per heavy atom. The molecule has 0 saturated carbocycles. The Kier molecular flexibility index (Phi) is 4.45. The molecule has 2 saturated heterocycles. The SMILES string of the molecule is CN(C(=O)C1(c2ccc(F)cc2)CCOCC1)C1CCNC1. The number of nitrogens with zero attached hydrogens (tertiary/aromatic N) is 1. The van der Waals surface area contributed by atoms with Crippen molar-refractivity contribution in [2.45, 2.75) is 30.7 Å². The van der Waals surface area contributed by atoms with Crippen LogP contribution in [0.15, 0.2) is 24.3 Å². The van der Waals surface area contributed by atoms with Gasteiger partial charge >= 0.3 is 0 Å². The van der Waals surface area contributed by atoms with Crippen LogP contribution in [0.5, 0.6) is 0 Å². The Morgan fingerprint density at radius 3 is 2.59 bits per heavy atom. The monoisotopic (exact) mass is 306 g/mol. The molecule has 1 N–H and O–H groups in total. The van der Waals surface area contributed by atoms with Crippen LogP contribution < -0.4 is 5.32 Å². The highest BCUT2D eigenvalue weighted by molar-refractivity contribution is 5.88. The van der Waals surface area contributed by atoms with E-state index >= 15 is 0 Å². The van der Waals surface area contributed by atoms with E-state index in [4.69, 9.17) is 4.74 Å². The lowest BCUT2D eigenvalue weighted by atomic mass is 9.73. The third-order valence-corrected chi connectivity index (χ3v) is 5.05. The number of carbonyl (C=O) groups is 1. The van der Waals surface area contributed by atoms with Gasteiger partial charge in [-0.05, 0) is 43.5 Å². The summed E-state index contributed by atoms with van der Waals surface area (Å²) in [5.41, 5.74) is 0.323. The molecule has 5 heteroatoms. The molecule has 1 aromatic carbocycles. The quantitative estimate of drug-likeness (QED) is 0.924. The van der Waals surface area contributed by atoms with Crippen molar-refractivity contribution in [2.24, 2.45) is 0 Å². The van der Waals surface area contributed by atoms with E-state index in [0.29, 0.717) is 26.1 Å². The van der Waals surface area contributed by atoms with E-state index in [-0.39, 0.29) is 17.8 Å². The largest absolute Gasteiger partial charge is 0.381 e. The minimum absolute atomic E-state index is 0.135. The molecule has 0 spiro atoms. The third-order valence-electron chi connectivity index (χ3n) is 5.05. The van der Waals surface area contributed by atoms with Gasteiger partial charge in [-0.1, -0.05) is 12.1 Å². The van der Waals surface area contributed by atoms with Gasteiger partial charge in [0.05, 0.1) is 5.41 Å². The normalized spacial score (nSPS) is 24.2. The highest BCUT2D eigenvalue weighted by Crippen LogP contribution is 2.37. The molecule has 0 aromatic heterocycles. The zero-order valence-corrected chi connectivity index (χ0v) is 13.0. The molecule has 2 heterocycles. The molecule has 1 atom stereocenters. The first kappa shape index (κ1) is 15.4. The van der Waals surface area contributed by atoms with Gasteiger partial charge in [0.15, 0.2) is 0 Å². The zero-order valence-electron chi connectivity index (χ0n) is 13.0. The summed E-state index contributed by atoms with van der Waals surface area (Å²) in [7, 11) is 1.89. The summed E-state index contributed by atoms with van der Waals surface area (Å²) in [5.74, 6) is -0.136. The summed E-state index contributed by atoms with van der Waals surface area (Å²) < 4.78 is 18.7. The second-order valence-corrected chi connectivity index (χ2v) is 6.26. The zero-order chi connectivity index (χ0) is 15.6. The number of rotatable bonds is 3. The van der Waals surface area contributed by atoms with Gasteiger partial charge in [0.2, 0.25) is 5.91 Å². The van der Waals surface area contributed by atoms with E-state index in [1.165, 1.54) is 12.1 Å². The molecule has 22 heavy (non-hydrogen) atoms. The molecule has 1 unspecified atom stereocenters. The van der Waals surface area contributed by atoms with Crippen molar-refractivity contribution in [1.29, 1.82) is 0 Å². The van der Waals surface area contributed by atoms with Crippen molar-refractivity contribution in [1.82, 2.24) is 10.2 Å². The Balaban J connectivity index is 1.91. The van der Waals surface area contributed by atoms with Crippen LogP contribution in [0, 0.1) is 5.82 Å². The maximum atomic E-state index is 13.3. The van der Waals surface area contributed by atoms with Gasteiger partial charge in [-0.25, -0.2) is 4.39 Å². The predicted molar refractivity (Wildman–Crippen MR) is 82.2 cm³/mol. The van der Waals surface area contributed by atoms with Gasteiger partial charge in [-0.2, -0.15) is 0 Å². The maximum Gasteiger partial charge on any atom is 0.233 e. The first-order valence-corrected chi connectivity index (χ1v) is 7.95. The van der Waals surface area contributed by atoms with Gasteiger partial charge < -0.3 is 15.0 Å². The smallest absolute Gasteiger partial charge is 0.233 e. The molecule has 2 aliphatic heterocycles. The van der Waals surface area contributed by atoms with Crippen molar-refractivity contribution >= 4 is 5.91 Å². The molecule has 1 aromatic rings. The summed E-state index contributed by atoms with van der Waals surface area (Å²) in [5, 5.41) is 3.30. The molecule has 0 aliphatic carbocycles. The van der Waals surface area contributed by atoms with Gasteiger partial charge in [0.25, 0.3) is 0 Å². The molecule has 2 fully saturated rings. The number of carbonyl (C=O) groups excluding carboxylic acids is 1. The van der Waals surface area contributed by atoms with Crippen molar-refractivity contribution in [3.63, 3.8) is 0 Å². The Bertz CT molecular complexity index is 520. The summed E-state index contributed by atoms with van der Waals surface area (Å²) in [6.45, 7) is 2.94. The van der Waals surface area contributed by atoms with Crippen molar-refractivity contribution in [3.05, 3.63) is 35.6 Å². The lowest BCUT2D eigenvalue weighted by molar-refractivity contribution is -0.141. The van der Waals surface area contributed by atoms with E-state index < -0.39 is 5.41 Å². The van der Waals surface area contributed by atoms with Crippen LogP contribution in [0.4, 0.5) is 4.39 Å². The van der Waals surface area contributed by atoms with Crippen molar-refractivity contribution in [2.75, 3.05) is 33.4 Å². The van der Waals surface area contributed by atoms with Crippen molar-refractivity contribution in [3.8, 4) is 0 Å². The van der Waals surface area contributed by atoms with Crippen LogP contribution in [-0.2, 0) is 14.9 Å². The Labute approximate surface area is 130 Å². The number of amides is 1. The molecule has 2 aliphatic rings. The van der Waals surface area contributed by atoms with Crippen LogP contribution in [0.3, 0.4) is 0 Å². The molecule has 4 nitrogen and oxygen atoms in total. The summed E-state index contributed by atoms with van der Waals surface area (Å²) in [4.78, 5) is 15.1. The molecule has 0 bridgehead atoms. The van der Waals surface area contributed by atoms with Crippen molar-refractivity contribution < 1.29 is 13.9 Å². The molecular weight excluding hydrogens is 283 g/mol. The van der Waals surface area contributed by atoms with Crippen LogP contribution in [-0.4, -0.2) is 50.2 Å². The second-order valence-electron chi connectivity index (χ2n) is 6.26. The van der Waals surface area contributed by atoms with E-state index in [9.17, 15) is 9.18 Å².